The molecule has 0 unspecified atom stereocenters. The van der Waals surface area contributed by atoms with E-state index in [1.54, 1.807) is 14.0 Å². The molecule has 1 atom stereocenters. The summed E-state index contributed by atoms with van der Waals surface area (Å²) in [5.41, 5.74) is 1.81. The van der Waals surface area contributed by atoms with E-state index in [9.17, 15) is 4.79 Å². The van der Waals surface area contributed by atoms with Crippen LogP contribution in [0.25, 0.3) is 10.9 Å². The van der Waals surface area contributed by atoms with Gasteiger partial charge in [0.15, 0.2) is 6.10 Å². The molecule has 0 saturated heterocycles. The Bertz CT molecular complexity index is 770. The molecular formula is C18H20N2O3. The summed E-state index contributed by atoms with van der Waals surface area (Å²) in [4.78, 5) is 19.1. The van der Waals surface area contributed by atoms with Crippen LogP contribution in [0.4, 0.5) is 0 Å². The fraction of sp³-hybridized carbons (Fsp3) is 0.444. The third kappa shape index (κ3) is 2.71. The van der Waals surface area contributed by atoms with Crippen molar-refractivity contribution in [3.05, 3.63) is 29.8 Å². The van der Waals surface area contributed by atoms with E-state index in [0.29, 0.717) is 18.3 Å². The van der Waals surface area contributed by atoms with E-state index in [2.05, 4.69) is 11.1 Å². The van der Waals surface area contributed by atoms with Gasteiger partial charge in [-0.1, -0.05) is 0 Å². The smallest absolute Gasteiger partial charge is 0.263 e. The Morgan fingerprint density at radius 2 is 2.17 bits per heavy atom. The molecule has 1 aliphatic carbocycles. The zero-order valence-corrected chi connectivity index (χ0v) is 13.4. The maximum atomic E-state index is 12.5. The van der Waals surface area contributed by atoms with E-state index in [1.165, 1.54) is 12.8 Å². The molecule has 23 heavy (non-hydrogen) atoms. The van der Waals surface area contributed by atoms with E-state index in [0.717, 1.165) is 28.8 Å². The summed E-state index contributed by atoms with van der Waals surface area (Å²) in [6.07, 6.45) is 1.95. The van der Waals surface area contributed by atoms with Gasteiger partial charge in [-0.05, 0) is 49.9 Å². The molecule has 5 nitrogen and oxygen atoms in total. The molecule has 0 N–H and O–H groups in total. The lowest BCUT2D eigenvalue weighted by molar-refractivity contribution is -0.137. The van der Waals surface area contributed by atoms with Gasteiger partial charge in [0.2, 0.25) is 5.88 Å². The topological polar surface area (TPSA) is 51.7 Å². The standard InChI is InChI=1S/C18H20N2O3/c1-11-18(21)20(9-12-3-4-12)10-14-7-13-8-15(22-2)5-6-16(13)19-17(14)23-11/h5-8,11-12H,3-4,9-10H2,1-2H3/t11-/m0/s1. The number of pyridine rings is 1. The van der Waals surface area contributed by atoms with Crippen LogP contribution < -0.4 is 9.47 Å². The Morgan fingerprint density at radius 1 is 1.35 bits per heavy atom. The lowest BCUT2D eigenvalue weighted by Crippen LogP contribution is -2.39. The highest BCUT2D eigenvalue weighted by atomic mass is 16.5. The third-order valence-corrected chi connectivity index (χ3v) is 4.55. The van der Waals surface area contributed by atoms with Crippen molar-refractivity contribution < 1.29 is 14.3 Å². The molecular weight excluding hydrogens is 292 g/mol. The maximum Gasteiger partial charge on any atom is 0.263 e. The number of carbonyl (C=O) groups is 1. The van der Waals surface area contributed by atoms with Crippen LogP contribution in [-0.2, 0) is 11.3 Å². The number of benzene rings is 1. The Morgan fingerprint density at radius 3 is 2.91 bits per heavy atom. The number of hydrogen-bond donors (Lipinski definition) is 0. The van der Waals surface area contributed by atoms with Crippen LogP contribution >= 0.6 is 0 Å². The number of hydrogen-bond acceptors (Lipinski definition) is 4. The van der Waals surface area contributed by atoms with Crippen LogP contribution in [0, 0.1) is 5.92 Å². The first-order valence-corrected chi connectivity index (χ1v) is 8.07. The van der Waals surface area contributed by atoms with Gasteiger partial charge in [0, 0.05) is 17.5 Å². The number of methoxy groups -OCH3 is 1. The van der Waals surface area contributed by atoms with Gasteiger partial charge in [-0.25, -0.2) is 4.98 Å². The van der Waals surface area contributed by atoms with Crippen molar-refractivity contribution in [1.29, 1.82) is 0 Å². The summed E-state index contributed by atoms with van der Waals surface area (Å²) < 4.78 is 11.1. The van der Waals surface area contributed by atoms with Gasteiger partial charge in [-0.2, -0.15) is 0 Å². The van der Waals surface area contributed by atoms with Crippen molar-refractivity contribution in [2.24, 2.45) is 5.92 Å². The summed E-state index contributed by atoms with van der Waals surface area (Å²) in [6, 6.07) is 7.82. The molecule has 2 aromatic rings. The fourth-order valence-corrected chi connectivity index (χ4v) is 3.05. The average Bonchev–Trinajstić information content (AvgIpc) is 3.37. The minimum absolute atomic E-state index is 0.0523. The maximum absolute atomic E-state index is 12.5. The number of rotatable bonds is 3. The fourth-order valence-electron chi connectivity index (χ4n) is 3.05. The number of nitrogens with zero attached hydrogens (tertiary/aromatic N) is 2. The highest BCUT2D eigenvalue weighted by Crippen LogP contribution is 2.33. The molecule has 1 aromatic carbocycles. The number of aromatic nitrogens is 1. The average molecular weight is 312 g/mol. The van der Waals surface area contributed by atoms with Gasteiger partial charge in [-0.3, -0.25) is 4.79 Å². The molecule has 5 heteroatoms. The van der Waals surface area contributed by atoms with Gasteiger partial charge in [0.25, 0.3) is 5.91 Å². The highest BCUT2D eigenvalue weighted by Gasteiger charge is 2.33. The van der Waals surface area contributed by atoms with Crippen molar-refractivity contribution in [3.63, 3.8) is 0 Å². The number of fused-ring (bicyclic) bond motifs is 2. The molecule has 0 radical (unpaired) electrons. The quantitative estimate of drug-likeness (QED) is 0.874. The monoisotopic (exact) mass is 312 g/mol. The van der Waals surface area contributed by atoms with E-state index in [1.807, 2.05) is 23.1 Å². The molecule has 2 heterocycles. The normalized spacial score (nSPS) is 20.9. The van der Waals surface area contributed by atoms with Crippen molar-refractivity contribution in [3.8, 4) is 11.6 Å². The molecule has 120 valence electrons. The molecule has 0 bridgehead atoms. The van der Waals surface area contributed by atoms with Gasteiger partial charge in [0.05, 0.1) is 19.2 Å². The summed E-state index contributed by atoms with van der Waals surface area (Å²) in [6.45, 7) is 3.19. The molecule has 2 aliphatic rings. The van der Waals surface area contributed by atoms with Crippen LogP contribution in [0.2, 0.25) is 0 Å². The molecule has 1 saturated carbocycles. The number of carbonyl (C=O) groups excluding carboxylic acids is 1. The Hall–Kier alpha value is -2.30. The largest absolute Gasteiger partial charge is 0.497 e. The van der Waals surface area contributed by atoms with E-state index < -0.39 is 6.10 Å². The van der Waals surface area contributed by atoms with Crippen LogP contribution in [0.15, 0.2) is 24.3 Å². The molecule has 1 aromatic heterocycles. The van der Waals surface area contributed by atoms with E-state index in [4.69, 9.17) is 9.47 Å². The first kappa shape index (κ1) is 14.3. The molecule has 4 rings (SSSR count). The van der Waals surface area contributed by atoms with E-state index >= 15 is 0 Å². The summed E-state index contributed by atoms with van der Waals surface area (Å²) in [5, 5.41) is 1.00. The first-order chi connectivity index (χ1) is 11.1. The Kier molecular flexibility index (Phi) is 3.36. The molecule has 1 fully saturated rings. The number of ether oxygens (including phenoxy) is 2. The third-order valence-electron chi connectivity index (χ3n) is 4.55. The zero-order valence-electron chi connectivity index (χ0n) is 13.4. The Labute approximate surface area is 135 Å². The molecule has 0 spiro atoms. The van der Waals surface area contributed by atoms with Crippen molar-refractivity contribution >= 4 is 16.8 Å². The van der Waals surface area contributed by atoms with E-state index in [-0.39, 0.29) is 5.91 Å². The SMILES string of the molecule is COc1ccc2nc3c(cc2c1)CN(CC1CC1)C(=O)[C@H](C)O3. The predicted octanol–water partition coefficient (Wildman–Crippen LogP) is 2.76. The lowest BCUT2D eigenvalue weighted by atomic mass is 10.1. The second-order valence-corrected chi connectivity index (χ2v) is 6.43. The zero-order chi connectivity index (χ0) is 16.0. The van der Waals surface area contributed by atoms with Gasteiger partial charge in [0.1, 0.15) is 5.75 Å². The summed E-state index contributed by atoms with van der Waals surface area (Å²) in [5.74, 6) is 2.08. The van der Waals surface area contributed by atoms with Crippen LogP contribution in [0.1, 0.15) is 25.3 Å². The Balaban J connectivity index is 1.75. The van der Waals surface area contributed by atoms with Gasteiger partial charge >= 0.3 is 0 Å². The second-order valence-electron chi connectivity index (χ2n) is 6.43. The minimum atomic E-state index is -0.488. The number of amides is 1. The van der Waals surface area contributed by atoms with Crippen molar-refractivity contribution in [2.75, 3.05) is 13.7 Å². The second kappa shape index (κ2) is 5.41. The minimum Gasteiger partial charge on any atom is -0.497 e. The van der Waals surface area contributed by atoms with Gasteiger partial charge < -0.3 is 14.4 Å². The molecule has 1 aliphatic heterocycles. The van der Waals surface area contributed by atoms with Crippen LogP contribution in [0.5, 0.6) is 11.6 Å². The van der Waals surface area contributed by atoms with Crippen molar-refractivity contribution in [1.82, 2.24) is 9.88 Å². The van der Waals surface area contributed by atoms with Crippen LogP contribution in [0.3, 0.4) is 0 Å². The summed E-state index contributed by atoms with van der Waals surface area (Å²) in [7, 11) is 1.65. The first-order valence-electron chi connectivity index (χ1n) is 8.07. The summed E-state index contributed by atoms with van der Waals surface area (Å²) >= 11 is 0. The molecule has 1 amide bonds. The van der Waals surface area contributed by atoms with Crippen LogP contribution in [-0.4, -0.2) is 35.5 Å². The highest BCUT2D eigenvalue weighted by molar-refractivity contribution is 5.84. The van der Waals surface area contributed by atoms with Crippen molar-refractivity contribution in [2.45, 2.75) is 32.4 Å². The van der Waals surface area contributed by atoms with Gasteiger partial charge in [-0.15, -0.1) is 0 Å². The predicted molar refractivity (Wildman–Crippen MR) is 86.5 cm³/mol. The lowest BCUT2D eigenvalue weighted by Gasteiger charge is -2.21.